The Hall–Kier alpha value is -1.32. The number of hydrogen-bond acceptors (Lipinski definition) is 2. The van der Waals surface area contributed by atoms with Crippen molar-refractivity contribution in [1.29, 1.82) is 0 Å². The zero-order chi connectivity index (χ0) is 13.7. The number of rotatable bonds is 4. The summed E-state index contributed by atoms with van der Waals surface area (Å²) in [4.78, 5) is 18.8. The van der Waals surface area contributed by atoms with Gasteiger partial charge in [-0.25, -0.2) is 4.98 Å². The Morgan fingerprint density at radius 3 is 2.80 bits per heavy atom. The van der Waals surface area contributed by atoms with Gasteiger partial charge in [-0.3, -0.25) is 4.79 Å². The second-order valence-electron chi connectivity index (χ2n) is 6.83. The molecule has 1 aromatic rings. The molecule has 2 heterocycles. The van der Waals surface area contributed by atoms with Crippen molar-refractivity contribution in [3.8, 4) is 0 Å². The largest absolute Gasteiger partial charge is 0.342 e. The molecule has 4 heteroatoms. The van der Waals surface area contributed by atoms with Crippen LogP contribution in [0.5, 0.6) is 0 Å². The molecule has 108 valence electrons. The van der Waals surface area contributed by atoms with Gasteiger partial charge in [0, 0.05) is 43.4 Å². The predicted octanol–water partition coefficient (Wildman–Crippen LogP) is 2.33. The highest BCUT2D eigenvalue weighted by Crippen LogP contribution is 2.38. The zero-order valence-corrected chi connectivity index (χ0v) is 12.2. The van der Waals surface area contributed by atoms with Crippen LogP contribution in [0, 0.1) is 18.8 Å². The predicted molar refractivity (Wildman–Crippen MR) is 76.4 cm³/mol. The number of nitrogens with zero attached hydrogens (tertiary/aromatic N) is 3. The zero-order valence-electron chi connectivity index (χ0n) is 12.2. The number of carbonyl (C=O) groups is 1. The molecule has 4 nitrogen and oxygen atoms in total. The Balaban J connectivity index is 1.41. The molecule has 20 heavy (non-hydrogen) atoms. The molecule has 0 spiro atoms. The van der Waals surface area contributed by atoms with Gasteiger partial charge in [0.2, 0.25) is 5.91 Å². The van der Waals surface area contributed by atoms with Crippen LogP contribution in [0.1, 0.15) is 49.7 Å². The van der Waals surface area contributed by atoms with Crippen LogP contribution in [0.3, 0.4) is 0 Å². The van der Waals surface area contributed by atoms with Crippen molar-refractivity contribution in [3.05, 3.63) is 17.7 Å². The third kappa shape index (κ3) is 2.25. The number of likely N-dealkylation sites (tertiary alicyclic amines) is 1. The summed E-state index contributed by atoms with van der Waals surface area (Å²) < 4.78 is 2.44. The molecule has 2 saturated carbocycles. The molecule has 1 aliphatic heterocycles. The topological polar surface area (TPSA) is 38.1 Å². The van der Waals surface area contributed by atoms with Gasteiger partial charge in [0.05, 0.1) is 0 Å². The van der Waals surface area contributed by atoms with Gasteiger partial charge in [-0.05, 0) is 44.9 Å². The highest BCUT2D eigenvalue weighted by Gasteiger charge is 2.37. The molecule has 1 aromatic heterocycles. The van der Waals surface area contributed by atoms with Crippen molar-refractivity contribution in [2.75, 3.05) is 13.1 Å². The Morgan fingerprint density at radius 2 is 2.10 bits per heavy atom. The third-order valence-electron chi connectivity index (χ3n) is 4.97. The average molecular weight is 273 g/mol. The Morgan fingerprint density at radius 1 is 1.30 bits per heavy atom. The Labute approximate surface area is 120 Å². The van der Waals surface area contributed by atoms with Crippen LogP contribution in [-0.2, 0) is 11.2 Å². The van der Waals surface area contributed by atoms with Gasteiger partial charge in [-0.2, -0.15) is 0 Å². The lowest BCUT2D eigenvalue weighted by Gasteiger charge is -2.16. The normalized spacial score (nSPS) is 26.2. The number of hydrogen-bond donors (Lipinski definition) is 0. The van der Waals surface area contributed by atoms with Crippen LogP contribution >= 0.6 is 0 Å². The molecule has 0 bridgehead atoms. The molecule has 2 aliphatic carbocycles. The fourth-order valence-corrected chi connectivity index (χ4v) is 3.52. The smallest absolute Gasteiger partial charge is 0.225 e. The molecular formula is C16H23N3O. The van der Waals surface area contributed by atoms with E-state index < -0.39 is 0 Å². The lowest BCUT2D eigenvalue weighted by molar-refractivity contribution is -0.131. The number of aryl methyl sites for hydroxylation is 1. The molecule has 1 unspecified atom stereocenters. The van der Waals surface area contributed by atoms with E-state index in [1.165, 1.54) is 24.4 Å². The first-order valence-corrected chi connectivity index (χ1v) is 8.04. The van der Waals surface area contributed by atoms with Crippen molar-refractivity contribution < 1.29 is 4.79 Å². The fourth-order valence-electron chi connectivity index (χ4n) is 3.52. The lowest BCUT2D eigenvalue weighted by atomic mass is 10.0. The van der Waals surface area contributed by atoms with Crippen LogP contribution in [0.2, 0.25) is 0 Å². The van der Waals surface area contributed by atoms with Crippen molar-refractivity contribution in [1.82, 2.24) is 14.5 Å². The summed E-state index contributed by atoms with van der Waals surface area (Å²) >= 11 is 0. The first-order valence-electron chi connectivity index (χ1n) is 8.04. The minimum absolute atomic E-state index is 0.365. The van der Waals surface area contributed by atoms with Gasteiger partial charge in [-0.1, -0.05) is 0 Å². The monoisotopic (exact) mass is 273 g/mol. The van der Waals surface area contributed by atoms with E-state index in [4.69, 9.17) is 0 Å². The molecule has 3 fully saturated rings. The summed E-state index contributed by atoms with van der Waals surface area (Å²) in [6, 6.07) is 0.707. The van der Waals surface area contributed by atoms with E-state index in [-0.39, 0.29) is 0 Å². The maximum Gasteiger partial charge on any atom is 0.225 e. The summed E-state index contributed by atoms with van der Waals surface area (Å²) in [5.74, 6) is 2.63. The molecule has 0 N–H and O–H groups in total. The van der Waals surface area contributed by atoms with E-state index in [9.17, 15) is 4.79 Å². The second kappa shape index (κ2) is 4.61. The molecule has 1 amide bonds. The van der Waals surface area contributed by atoms with Gasteiger partial charge in [0.25, 0.3) is 0 Å². The number of carbonyl (C=O) groups excluding carboxylic acids is 1. The molecular weight excluding hydrogens is 250 g/mol. The second-order valence-corrected chi connectivity index (χ2v) is 6.83. The minimum Gasteiger partial charge on any atom is -0.342 e. The van der Waals surface area contributed by atoms with Gasteiger partial charge < -0.3 is 9.47 Å². The van der Waals surface area contributed by atoms with Gasteiger partial charge in [0.15, 0.2) is 0 Å². The van der Waals surface area contributed by atoms with Crippen LogP contribution < -0.4 is 0 Å². The first kappa shape index (κ1) is 12.4. The average Bonchev–Trinajstić information content (AvgIpc) is 3.35. The van der Waals surface area contributed by atoms with Crippen molar-refractivity contribution in [2.45, 2.75) is 51.5 Å². The molecule has 1 saturated heterocycles. The van der Waals surface area contributed by atoms with Gasteiger partial charge >= 0.3 is 0 Å². The quantitative estimate of drug-likeness (QED) is 0.844. The van der Waals surface area contributed by atoms with E-state index in [0.717, 1.165) is 38.8 Å². The maximum atomic E-state index is 12.1. The van der Waals surface area contributed by atoms with Gasteiger partial charge in [-0.15, -0.1) is 0 Å². The highest BCUT2D eigenvalue weighted by atomic mass is 16.2. The summed E-state index contributed by atoms with van der Waals surface area (Å²) in [6.45, 7) is 4.07. The summed E-state index contributed by atoms with van der Waals surface area (Å²) in [5, 5.41) is 0. The van der Waals surface area contributed by atoms with Crippen LogP contribution in [0.25, 0.3) is 0 Å². The number of imidazole rings is 1. The maximum absolute atomic E-state index is 12.1. The first-order chi connectivity index (χ1) is 9.72. The number of aromatic nitrogens is 2. The van der Waals surface area contributed by atoms with Crippen molar-refractivity contribution in [3.63, 3.8) is 0 Å². The molecule has 0 aromatic carbocycles. The van der Waals surface area contributed by atoms with Crippen LogP contribution in [-0.4, -0.2) is 33.4 Å². The Bertz CT molecular complexity index is 528. The summed E-state index contributed by atoms with van der Waals surface area (Å²) in [5.41, 5.74) is 1.30. The van der Waals surface area contributed by atoms with Crippen molar-refractivity contribution >= 4 is 5.91 Å². The molecule has 1 atom stereocenters. The lowest BCUT2D eigenvalue weighted by Crippen LogP contribution is -2.30. The number of amides is 1. The van der Waals surface area contributed by atoms with E-state index in [0.29, 0.717) is 23.8 Å². The third-order valence-corrected chi connectivity index (χ3v) is 4.97. The highest BCUT2D eigenvalue weighted by molar-refractivity contribution is 5.81. The SMILES string of the molecule is Cc1cnc(CC2CCN(C(=O)C3CC3)C2)n1C1CC1. The van der Waals surface area contributed by atoms with Crippen LogP contribution in [0.4, 0.5) is 0 Å². The summed E-state index contributed by atoms with van der Waals surface area (Å²) in [6.07, 6.45) is 9.04. The van der Waals surface area contributed by atoms with E-state index >= 15 is 0 Å². The molecule has 0 radical (unpaired) electrons. The summed E-state index contributed by atoms with van der Waals surface area (Å²) in [7, 11) is 0. The standard InChI is InChI=1S/C16H23N3O/c1-11-9-17-15(19(11)14-4-5-14)8-12-6-7-18(10-12)16(20)13-2-3-13/h9,12-14H,2-8,10H2,1H3. The van der Waals surface area contributed by atoms with E-state index in [2.05, 4.69) is 21.4 Å². The van der Waals surface area contributed by atoms with E-state index in [1.54, 1.807) is 0 Å². The fraction of sp³-hybridized carbons (Fsp3) is 0.750. The molecule has 4 rings (SSSR count). The van der Waals surface area contributed by atoms with E-state index in [1.807, 2.05) is 6.20 Å². The molecule has 3 aliphatic rings. The van der Waals surface area contributed by atoms with Crippen molar-refractivity contribution in [2.24, 2.45) is 11.8 Å². The van der Waals surface area contributed by atoms with Gasteiger partial charge in [0.1, 0.15) is 5.82 Å². The van der Waals surface area contributed by atoms with Crippen LogP contribution in [0.15, 0.2) is 6.20 Å². The Kier molecular flexibility index (Phi) is 2.86. The minimum atomic E-state index is 0.365.